The van der Waals surface area contributed by atoms with Crippen molar-refractivity contribution in [3.63, 3.8) is 0 Å². The molecule has 0 heterocycles. The molecule has 21 heavy (non-hydrogen) atoms. The van der Waals surface area contributed by atoms with Crippen molar-refractivity contribution in [2.24, 2.45) is 0 Å². The van der Waals surface area contributed by atoms with E-state index in [1.54, 1.807) is 12.1 Å². The number of rotatable bonds is 9. The Bertz CT molecular complexity index is 476. The topological polar surface area (TPSA) is 78.9 Å². The van der Waals surface area contributed by atoms with Gasteiger partial charge < -0.3 is 20.1 Å². The van der Waals surface area contributed by atoms with Gasteiger partial charge in [0.2, 0.25) is 0 Å². The first kappa shape index (κ1) is 17.1. The van der Waals surface area contributed by atoms with Gasteiger partial charge in [-0.2, -0.15) is 0 Å². The normalized spacial score (nSPS) is 10.4. The van der Waals surface area contributed by atoms with E-state index >= 15 is 0 Å². The third-order valence-corrected chi connectivity index (χ3v) is 3.07. The molecule has 0 fully saturated rings. The zero-order chi connectivity index (χ0) is 15.7. The molecule has 1 aromatic carbocycles. The molecule has 0 saturated carbocycles. The fraction of sp³-hybridized carbons (Fsp3) is 0.467. The number of likely N-dealkylation sites (N-methyl/N-ethyl adjacent to an activating group) is 1. The van der Waals surface area contributed by atoms with E-state index in [4.69, 9.17) is 9.84 Å². The number of benzene rings is 1. The van der Waals surface area contributed by atoms with Crippen LogP contribution in [0, 0.1) is 0 Å². The highest BCUT2D eigenvalue weighted by atomic mass is 16.5. The van der Waals surface area contributed by atoms with Crippen LogP contribution < -0.4 is 5.32 Å². The number of nitrogens with one attached hydrogen (secondary N) is 1. The van der Waals surface area contributed by atoms with E-state index in [0.717, 1.165) is 12.1 Å². The zero-order valence-electron chi connectivity index (χ0n) is 12.5. The van der Waals surface area contributed by atoms with Crippen LogP contribution in [0.2, 0.25) is 0 Å². The molecule has 1 amide bonds. The molecule has 6 nitrogen and oxygen atoms in total. The number of hydrogen-bond acceptors (Lipinski definition) is 4. The molecule has 0 atom stereocenters. The van der Waals surface area contributed by atoms with E-state index in [2.05, 4.69) is 5.32 Å². The van der Waals surface area contributed by atoms with Gasteiger partial charge in [0.25, 0.3) is 5.91 Å². The molecule has 0 saturated heterocycles. The Morgan fingerprint density at radius 3 is 2.67 bits per heavy atom. The molecule has 116 valence electrons. The summed E-state index contributed by atoms with van der Waals surface area (Å²) in [7, 11) is 3.37. The molecule has 1 rings (SSSR count). The smallest absolute Gasteiger partial charge is 0.323 e. The van der Waals surface area contributed by atoms with Crippen molar-refractivity contribution in [2.45, 2.75) is 6.42 Å². The van der Waals surface area contributed by atoms with Crippen LogP contribution in [0.25, 0.3) is 0 Å². The highest BCUT2D eigenvalue weighted by Crippen LogP contribution is 2.12. The summed E-state index contributed by atoms with van der Waals surface area (Å²) >= 11 is 0. The van der Waals surface area contributed by atoms with E-state index < -0.39 is 5.97 Å². The Balaban J connectivity index is 2.93. The van der Waals surface area contributed by atoms with Gasteiger partial charge in [0.1, 0.15) is 6.54 Å². The molecular formula is C15H22N2O4. The predicted molar refractivity (Wildman–Crippen MR) is 79.5 cm³/mol. The number of ether oxygens (including phenoxy) is 1. The summed E-state index contributed by atoms with van der Waals surface area (Å²) in [5, 5.41) is 12.0. The minimum atomic E-state index is -1.04. The number of carboxylic acids is 1. The quantitative estimate of drug-likeness (QED) is 0.698. The molecule has 2 N–H and O–H groups in total. The first-order chi connectivity index (χ1) is 10.1. The highest BCUT2D eigenvalue weighted by Gasteiger charge is 2.20. The van der Waals surface area contributed by atoms with Crippen molar-refractivity contribution >= 4 is 11.9 Å². The number of carbonyl (C=O) groups is 2. The molecule has 0 bridgehead atoms. The molecule has 0 spiro atoms. The van der Waals surface area contributed by atoms with Crippen molar-refractivity contribution in [2.75, 3.05) is 40.4 Å². The zero-order valence-corrected chi connectivity index (χ0v) is 12.5. The Labute approximate surface area is 124 Å². The summed E-state index contributed by atoms with van der Waals surface area (Å²) in [5.41, 5.74) is 1.45. The monoisotopic (exact) mass is 294 g/mol. The van der Waals surface area contributed by atoms with Gasteiger partial charge in [-0.3, -0.25) is 9.59 Å². The average molecular weight is 294 g/mol. The molecule has 0 aliphatic heterocycles. The second kappa shape index (κ2) is 9.10. The first-order valence-corrected chi connectivity index (χ1v) is 6.82. The van der Waals surface area contributed by atoms with E-state index in [1.165, 1.54) is 12.0 Å². The number of carboxylic acid groups (broad SMARTS) is 1. The Morgan fingerprint density at radius 2 is 2.05 bits per heavy atom. The lowest BCUT2D eigenvalue weighted by Gasteiger charge is -2.21. The average Bonchev–Trinajstić information content (AvgIpc) is 2.48. The van der Waals surface area contributed by atoms with Gasteiger partial charge in [-0.15, -0.1) is 0 Å². The Morgan fingerprint density at radius 1 is 1.33 bits per heavy atom. The lowest BCUT2D eigenvalue weighted by molar-refractivity contribution is -0.137. The highest BCUT2D eigenvalue weighted by molar-refractivity contribution is 5.97. The number of methoxy groups -OCH3 is 1. The van der Waals surface area contributed by atoms with Crippen molar-refractivity contribution < 1.29 is 19.4 Å². The van der Waals surface area contributed by atoms with Gasteiger partial charge in [-0.05, 0) is 31.6 Å². The van der Waals surface area contributed by atoms with Gasteiger partial charge in [0.15, 0.2) is 0 Å². The second-order valence-electron chi connectivity index (χ2n) is 4.62. The van der Waals surface area contributed by atoms with Crippen molar-refractivity contribution in [3.05, 3.63) is 35.4 Å². The molecule has 6 heteroatoms. The van der Waals surface area contributed by atoms with Crippen LogP contribution in [0.15, 0.2) is 24.3 Å². The van der Waals surface area contributed by atoms with Crippen LogP contribution in [0.4, 0.5) is 0 Å². The van der Waals surface area contributed by atoms with Gasteiger partial charge in [-0.25, -0.2) is 0 Å². The summed E-state index contributed by atoms with van der Waals surface area (Å²) in [6.45, 7) is 0.976. The van der Waals surface area contributed by atoms with Crippen LogP contribution in [-0.4, -0.2) is 62.3 Å². The van der Waals surface area contributed by atoms with E-state index in [1.807, 2.05) is 19.2 Å². The van der Waals surface area contributed by atoms with Crippen LogP contribution in [0.1, 0.15) is 15.9 Å². The largest absolute Gasteiger partial charge is 0.480 e. The van der Waals surface area contributed by atoms with Crippen LogP contribution in [0.3, 0.4) is 0 Å². The van der Waals surface area contributed by atoms with E-state index in [-0.39, 0.29) is 19.0 Å². The summed E-state index contributed by atoms with van der Waals surface area (Å²) in [6, 6.07) is 7.28. The Kier molecular flexibility index (Phi) is 7.42. The van der Waals surface area contributed by atoms with E-state index in [0.29, 0.717) is 18.6 Å². The van der Waals surface area contributed by atoms with Crippen molar-refractivity contribution in [1.29, 1.82) is 0 Å². The minimum absolute atomic E-state index is 0.252. The number of hydrogen-bond donors (Lipinski definition) is 2. The molecule has 0 radical (unpaired) electrons. The number of carbonyl (C=O) groups excluding carboxylic acids is 1. The summed E-state index contributed by atoms with van der Waals surface area (Å²) < 4.78 is 4.94. The third-order valence-electron chi connectivity index (χ3n) is 3.07. The molecule has 0 aliphatic carbocycles. The summed E-state index contributed by atoms with van der Waals surface area (Å²) in [6.07, 6.45) is 0.712. The van der Waals surface area contributed by atoms with E-state index in [9.17, 15) is 9.59 Å². The van der Waals surface area contributed by atoms with Crippen molar-refractivity contribution in [3.8, 4) is 0 Å². The van der Waals surface area contributed by atoms with Crippen LogP contribution >= 0.6 is 0 Å². The second-order valence-corrected chi connectivity index (χ2v) is 4.62. The van der Waals surface area contributed by atoms with Gasteiger partial charge in [-0.1, -0.05) is 18.2 Å². The molecular weight excluding hydrogens is 272 g/mol. The van der Waals surface area contributed by atoms with Gasteiger partial charge in [0, 0.05) is 19.2 Å². The SMILES string of the molecule is CNCCc1ccccc1C(=O)N(CCOC)CC(=O)O. The maximum atomic E-state index is 12.6. The number of aliphatic carboxylic acids is 1. The molecule has 0 aromatic heterocycles. The van der Waals surface area contributed by atoms with Crippen LogP contribution in [-0.2, 0) is 16.0 Å². The molecule has 0 aliphatic rings. The Hall–Kier alpha value is -1.92. The summed E-state index contributed by atoms with van der Waals surface area (Å²) in [4.78, 5) is 24.8. The number of nitrogens with zero attached hydrogens (tertiary/aromatic N) is 1. The summed E-state index contributed by atoms with van der Waals surface area (Å²) in [5.74, 6) is -1.31. The lowest BCUT2D eigenvalue weighted by Crippen LogP contribution is -2.38. The first-order valence-electron chi connectivity index (χ1n) is 6.82. The van der Waals surface area contributed by atoms with Gasteiger partial charge in [0.05, 0.1) is 6.61 Å². The minimum Gasteiger partial charge on any atom is -0.480 e. The molecule has 1 aromatic rings. The maximum absolute atomic E-state index is 12.6. The number of amides is 1. The standard InChI is InChI=1S/C15H22N2O4/c1-16-8-7-12-5-3-4-6-13(12)15(20)17(9-10-21-2)11-14(18)19/h3-6,16H,7-11H2,1-2H3,(H,18,19). The third kappa shape index (κ3) is 5.53. The fourth-order valence-corrected chi connectivity index (χ4v) is 1.99. The molecule has 0 unspecified atom stereocenters. The van der Waals surface area contributed by atoms with Gasteiger partial charge >= 0.3 is 5.97 Å². The predicted octanol–water partition coefficient (Wildman–Crippen LogP) is 0.622. The van der Waals surface area contributed by atoms with Crippen LogP contribution in [0.5, 0.6) is 0 Å². The lowest BCUT2D eigenvalue weighted by atomic mass is 10.0. The maximum Gasteiger partial charge on any atom is 0.323 e. The van der Waals surface area contributed by atoms with Crippen molar-refractivity contribution in [1.82, 2.24) is 10.2 Å². The fourth-order valence-electron chi connectivity index (χ4n) is 1.99.